The molecule has 0 atom stereocenters. The molecule has 0 radical (unpaired) electrons. The fourth-order valence-corrected chi connectivity index (χ4v) is 1.66. The average molecular weight is 284 g/mol. The van der Waals surface area contributed by atoms with Crippen LogP contribution in [0, 0.1) is 0 Å². The molecule has 0 amide bonds. The van der Waals surface area contributed by atoms with Crippen molar-refractivity contribution in [2.24, 2.45) is 0 Å². The summed E-state index contributed by atoms with van der Waals surface area (Å²) in [6, 6.07) is 6.89. The lowest BCUT2D eigenvalue weighted by Gasteiger charge is -2.00. The number of aromatic amines is 1. The predicted molar refractivity (Wildman–Crippen MR) is 58.8 cm³/mol. The number of carboxylic acid groups (broad SMARTS) is 1. The highest BCUT2D eigenvalue weighted by Crippen LogP contribution is 2.17. The first-order valence-electron chi connectivity index (χ1n) is 4.27. The van der Waals surface area contributed by atoms with Crippen molar-refractivity contribution < 1.29 is 9.90 Å². The van der Waals surface area contributed by atoms with Crippen molar-refractivity contribution in [1.82, 2.24) is 14.8 Å². The minimum absolute atomic E-state index is 0.388. The van der Waals surface area contributed by atoms with Gasteiger partial charge in [-0.15, -0.1) is 5.10 Å². The van der Waals surface area contributed by atoms with Crippen LogP contribution < -0.4 is 5.69 Å². The molecule has 0 fully saturated rings. The Kier molecular flexibility index (Phi) is 2.61. The summed E-state index contributed by atoms with van der Waals surface area (Å²) in [5.41, 5.74) is -0.111. The summed E-state index contributed by atoms with van der Waals surface area (Å²) < 4.78 is 1.65. The van der Waals surface area contributed by atoms with E-state index in [0.29, 0.717) is 10.2 Å². The average Bonchev–Trinajstić information content (AvgIpc) is 2.61. The Bertz CT molecular complexity index is 602. The van der Waals surface area contributed by atoms with Gasteiger partial charge in [0.05, 0.1) is 5.69 Å². The maximum atomic E-state index is 11.5. The molecule has 0 saturated carbocycles. The predicted octanol–water partition coefficient (Wildman–Crippen LogP) is 1.02. The standard InChI is InChI=1S/C9H6BrN3O3/c10-5-3-1-2-4-6(5)13-9(16)11-7(12-13)8(14)15/h1-4H,(H,14,15)(H,11,12,16). The first-order valence-corrected chi connectivity index (χ1v) is 5.06. The van der Waals surface area contributed by atoms with Crippen molar-refractivity contribution in [1.29, 1.82) is 0 Å². The molecule has 7 heteroatoms. The number of benzene rings is 1. The van der Waals surface area contributed by atoms with Crippen LogP contribution >= 0.6 is 15.9 Å². The number of H-pyrrole nitrogens is 1. The number of aromatic nitrogens is 3. The fraction of sp³-hybridized carbons (Fsp3) is 0. The van der Waals surface area contributed by atoms with Crippen molar-refractivity contribution in [3.05, 3.63) is 45.0 Å². The molecule has 0 saturated heterocycles. The molecule has 0 unspecified atom stereocenters. The minimum Gasteiger partial charge on any atom is -0.475 e. The molecular formula is C9H6BrN3O3. The summed E-state index contributed by atoms with van der Waals surface area (Å²) in [6.07, 6.45) is 0. The van der Waals surface area contributed by atoms with Crippen LogP contribution in [0.4, 0.5) is 0 Å². The Labute approximate surface area is 97.7 Å². The second-order valence-electron chi connectivity index (χ2n) is 2.95. The Balaban J connectivity index is 2.61. The number of halogens is 1. The number of carbonyl (C=O) groups is 1. The molecule has 1 heterocycles. The van der Waals surface area contributed by atoms with Gasteiger partial charge in [0.15, 0.2) is 0 Å². The zero-order chi connectivity index (χ0) is 11.7. The summed E-state index contributed by atoms with van der Waals surface area (Å²) in [4.78, 5) is 24.2. The summed E-state index contributed by atoms with van der Waals surface area (Å²) in [5, 5.41) is 12.3. The Morgan fingerprint density at radius 3 is 2.69 bits per heavy atom. The number of hydrogen-bond donors (Lipinski definition) is 2. The molecule has 6 nitrogen and oxygen atoms in total. The zero-order valence-corrected chi connectivity index (χ0v) is 9.43. The van der Waals surface area contributed by atoms with Crippen LogP contribution in [-0.4, -0.2) is 25.8 Å². The monoisotopic (exact) mass is 283 g/mol. The van der Waals surface area contributed by atoms with Crippen LogP contribution in [0.1, 0.15) is 10.6 Å². The molecule has 0 aliphatic rings. The Hall–Kier alpha value is -1.89. The minimum atomic E-state index is -1.28. The third-order valence-electron chi connectivity index (χ3n) is 1.90. The summed E-state index contributed by atoms with van der Waals surface area (Å²) in [5.74, 6) is -1.66. The van der Waals surface area contributed by atoms with Gasteiger partial charge in [0.25, 0.3) is 0 Å². The van der Waals surface area contributed by atoms with Gasteiger partial charge in [-0.1, -0.05) is 12.1 Å². The normalized spacial score (nSPS) is 10.3. The second-order valence-corrected chi connectivity index (χ2v) is 3.80. The zero-order valence-electron chi connectivity index (χ0n) is 7.85. The second kappa shape index (κ2) is 3.93. The molecule has 0 aliphatic carbocycles. The highest BCUT2D eigenvalue weighted by molar-refractivity contribution is 9.10. The highest BCUT2D eigenvalue weighted by atomic mass is 79.9. The van der Waals surface area contributed by atoms with Crippen molar-refractivity contribution in [3.8, 4) is 5.69 Å². The van der Waals surface area contributed by atoms with E-state index in [4.69, 9.17) is 5.11 Å². The van der Waals surface area contributed by atoms with E-state index in [1.54, 1.807) is 24.3 Å². The lowest BCUT2D eigenvalue weighted by atomic mass is 10.3. The highest BCUT2D eigenvalue weighted by Gasteiger charge is 2.13. The maximum absolute atomic E-state index is 11.5. The first kappa shape index (κ1) is 10.6. The summed E-state index contributed by atoms with van der Waals surface area (Å²) in [7, 11) is 0. The fourth-order valence-electron chi connectivity index (χ4n) is 1.21. The molecule has 0 aliphatic heterocycles. The molecule has 1 aromatic carbocycles. The lowest BCUT2D eigenvalue weighted by Crippen LogP contribution is -2.16. The van der Waals surface area contributed by atoms with E-state index in [1.165, 1.54) is 0 Å². The Morgan fingerprint density at radius 1 is 1.44 bits per heavy atom. The number of nitrogens with one attached hydrogen (secondary N) is 1. The quantitative estimate of drug-likeness (QED) is 0.861. The number of aromatic carboxylic acids is 1. The molecule has 2 aromatic rings. The number of para-hydroxylation sites is 1. The van der Waals surface area contributed by atoms with Crippen LogP contribution in [-0.2, 0) is 0 Å². The molecular weight excluding hydrogens is 278 g/mol. The van der Waals surface area contributed by atoms with Gasteiger partial charge >= 0.3 is 11.7 Å². The molecule has 2 rings (SSSR count). The van der Waals surface area contributed by atoms with Crippen LogP contribution in [0.25, 0.3) is 5.69 Å². The molecule has 1 aromatic heterocycles. The third-order valence-corrected chi connectivity index (χ3v) is 2.57. The van der Waals surface area contributed by atoms with Gasteiger partial charge in [-0.25, -0.2) is 9.59 Å². The summed E-state index contributed by atoms with van der Waals surface area (Å²) in [6.45, 7) is 0. The van der Waals surface area contributed by atoms with Gasteiger partial charge in [-0.05, 0) is 28.1 Å². The number of nitrogens with zero attached hydrogens (tertiary/aromatic N) is 2. The van der Waals surface area contributed by atoms with E-state index >= 15 is 0 Å². The van der Waals surface area contributed by atoms with Gasteiger partial charge in [0.2, 0.25) is 5.82 Å². The van der Waals surface area contributed by atoms with Gasteiger partial charge < -0.3 is 5.11 Å². The smallest absolute Gasteiger partial charge is 0.373 e. The number of carboxylic acids is 1. The largest absolute Gasteiger partial charge is 0.475 e. The van der Waals surface area contributed by atoms with Crippen molar-refractivity contribution >= 4 is 21.9 Å². The van der Waals surface area contributed by atoms with Gasteiger partial charge in [0, 0.05) is 4.47 Å². The van der Waals surface area contributed by atoms with Crippen LogP contribution in [0.15, 0.2) is 33.5 Å². The van der Waals surface area contributed by atoms with Gasteiger partial charge in [-0.3, -0.25) is 4.98 Å². The topological polar surface area (TPSA) is 88.0 Å². The molecule has 16 heavy (non-hydrogen) atoms. The van der Waals surface area contributed by atoms with E-state index in [1.807, 2.05) is 0 Å². The van der Waals surface area contributed by atoms with Crippen molar-refractivity contribution in [2.45, 2.75) is 0 Å². The summed E-state index contributed by atoms with van der Waals surface area (Å²) >= 11 is 3.25. The van der Waals surface area contributed by atoms with Crippen molar-refractivity contribution in [3.63, 3.8) is 0 Å². The van der Waals surface area contributed by atoms with Crippen molar-refractivity contribution in [2.75, 3.05) is 0 Å². The van der Waals surface area contributed by atoms with E-state index < -0.39 is 11.7 Å². The number of rotatable bonds is 2. The van der Waals surface area contributed by atoms with Crippen LogP contribution in [0.3, 0.4) is 0 Å². The van der Waals surface area contributed by atoms with E-state index in [-0.39, 0.29) is 5.82 Å². The SMILES string of the molecule is O=C(O)c1nn(-c2ccccc2Br)c(=O)[nH]1. The third kappa shape index (κ3) is 1.76. The molecule has 0 bridgehead atoms. The lowest BCUT2D eigenvalue weighted by molar-refractivity contribution is 0.0683. The van der Waals surface area contributed by atoms with E-state index in [9.17, 15) is 9.59 Å². The maximum Gasteiger partial charge on any atom is 0.373 e. The molecule has 0 spiro atoms. The van der Waals surface area contributed by atoms with Crippen LogP contribution in [0.2, 0.25) is 0 Å². The molecule has 82 valence electrons. The van der Waals surface area contributed by atoms with Crippen LogP contribution in [0.5, 0.6) is 0 Å². The Morgan fingerprint density at radius 2 is 2.12 bits per heavy atom. The van der Waals surface area contributed by atoms with Gasteiger partial charge in [0.1, 0.15) is 0 Å². The number of hydrogen-bond acceptors (Lipinski definition) is 3. The van der Waals surface area contributed by atoms with E-state index in [0.717, 1.165) is 4.68 Å². The first-order chi connectivity index (χ1) is 7.59. The molecule has 2 N–H and O–H groups in total. The van der Waals surface area contributed by atoms with Gasteiger partial charge in [-0.2, -0.15) is 4.68 Å². The van der Waals surface area contributed by atoms with E-state index in [2.05, 4.69) is 26.0 Å².